The molecule has 2 amide bonds. The number of benzene rings is 2. The standard InChI is InChI=1S/C26H32FN3O5S/c1-26(2,32)16-13-17(30-9-11-35-12-10-30)15-18(14-16)36(33,34)29-25(31)28-24-21-7-3-5-19(21)23(27)20-6-4-8-22(20)24/h13-15,32H,3-12H2,1-2H3,(H2,28,29,31). The van der Waals surface area contributed by atoms with Crippen molar-refractivity contribution in [1.82, 2.24) is 4.72 Å². The van der Waals surface area contributed by atoms with Gasteiger partial charge in [-0.3, -0.25) is 0 Å². The predicted molar refractivity (Wildman–Crippen MR) is 135 cm³/mol. The van der Waals surface area contributed by atoms with Gasteiger partial charge in [0.05, 0.1) is 23.7 Å². The maximum atomic E-state index is 15.0. The summed E-state index contributed by atoms with van der Waals surface area (Å²) in [4.78, 5) is 14.9. The lowest BCUT2D eigenvalue weighted by atomic mass is 9.97. The SMILES string of the molecule is CC(C)(O)c1cc(N2CCOCC2)cc(S(=O)(=O)NC(=O)Nc2c3c(c(F)c4c2CCC4)CCC3)c1. The molecule has 3 aliphatic rings. The summed E-state index contributed by atoms with van der Waals surface area (Å²) in [5.41, 5.74) is 3.16. The molecule has 3 N–H and O–H groups in total. The second-order valence-corrected chi connectivity index (χ2v) is 11.9. The summed E-state index contributed by atoms with van der Waals surface area (Å²) in [5.74, 6) is -0.160. The smallest absolute Gasteiger partial charge is 0.333 e. The predicted octanol–water partition coefficient (Wildman–Crippen LogP) is 3.38. The number of anilines is 2. The molecular weight excluding hydrogens is 485 g/mol. The van der Waals surface area contributed by atoms with Crippen molar-refractivity contribution in [1.29, 1.82) is 0 Å². The molecule has 2 aromatic carbocycles. The number of ether oxygens (including phenoxy) is 1. The van der Waals surface area contributed by atoms with E-state index < -0.39 is 21.7 Å². The van der Waals surface area contributed by atoms with E-state index in [4.69, 9.17) is 4.74 Å². The third kappa shape index (κ3) is 4.69. The Morgan fingerprint density at radius 2 is 1.58 bits per heavy atom. The minimum Gasteiger partial charge on any atom is -0.386 e. The first-order valence-corrected chi connectivity index (χ1v) is 13.9. The molecule has 8 nitrogen and oxygen atoms in total. The number of amides is 2. The van der Waals surface area contributed by atoms with Gasteiger partial charge in [0.2, 0.25) is 0 Å². The third-order valence-electron chi connectivity index (χ3n) is 7.32. The highest BCUT2D eigenvalue weighted by Gasteiger charge is 2.31. The summed E-state index contributed by atoms with van der Waals surface area (Å²) in [7, 11) is -4.27. The van der Waals surface area contributed by atoms with Crippen molar-refractivity contribution in [2.45, 2.75) is 62.9 Å². The Kier molecular flexibility index (Phi) is 6.46. The fourth-order valence-electron chi connectivity index (χ4n) is 5.45. The number of urea groups is 1. The Balaban J connectivity index is 1.44. The van der Waals surface area contributed by atoms with Crippen LogP contribution in [0, 0.1) is 5.82 Å². The van der Waals surface area contributed by atoms with Crippen molar-refractivity contribution in [2.75, 3.05) is 36.5 Å². The second-order valence-electron chi connectivity index (χ2n) is 10.2. The molecule has 0 saturated carbocycles. The number of nitrogens with zero attached hydrogens (tertiary/aromatic N) is 1. The highest BCUT2D eigenvalue weighted by Crippen LogP contribution is 2.41. The van der Waals surface area contributed by atoms with E-state index in [9.17, 15) is 22.7 Å². The van der Waals surface area contributed by atoms with Gasteiger partial charge < -0.3 is 20.1 Å². The van der Waals surface area contributed by atoms with Crippen molar-refractivity contribution in [2.24, 2.45) is 0 Å². The first-order valence-electron chi connectivity index (χ1n) is 12.4. The Hall–Kier alpha value is -2.69. The van der Waals surface area contributed by atoms with Crippen LogP contribution in [0.1, 0.15) is 54.5 Å². The summed E-state index contributed by atoms with van der Waals surface area (Å²) >= 11 is 0. The number of aliphatic hydroxyl groups is 1. The summed E-state index contributed by atoms with van der Waals surface area (Å²) in [6, 6.07) is 3.76. The zero-order chi connectivity index (χ0) is 25.7. The molecule has 10 heteroatoms. The van der Waals surface area contributed by atoms with Crippen LogP contribution in [0.2, 0.25) is 0 Å². The molecule has 1 heterocycles. The van der Waals surface area contributed by atoms with Crippen molar-refractivity contribution in [3.63, 3.8) is 0 Å². The lowest BCUT2D eigenvalue weighted by molar-refractivity contribution is 0.0783. The number of nitrogens with one attached hydrogen (secondary N) is 2. The quantitative estimate of drug-likeness (QED) is 0.561. The van der Waals surface area contributed by atoms with Gasteiger partial charge >= 0.3 is 6.03 Å². The van der Waals surface area contributed by atoms with Crippen LogP contribution in [0.5, 0.6) is 0 Å². The summed E-state index contributed by atoms with van der Waals surface area (Å²) in [6.45, 7) is 5.37. The Labute approximate surface area is 210 Å². The first-order chi connectivity index (χ1) is 17.0. The molecule has 2 aromatic rings. The van der Waals surface area contributed by atoms with E-state index in [0.717, 1.165) is 24.0 Å². The molecule has 194 valence electrons. The van der Waals surface area contributed by atoms with Gasteiger partial charge in [-0.05, 0) is 98.4 Å². The minimum atomic E-state index is -4.27. The molecule has 5 rings (SSSR count). The molecule has 36 heavy (non-hydrogen) atoms. The summed E-state index contributed by atoms with van der Waals surface area (Å²) in [5, 5.41) is 13.4. The molecule has 0 aromatic heterocycles. The number of hydrogen-bond donors (Lipinski definition) is 3. The van der Waals surface area contributed by atoms with Crippen LogP contribution in [-0.4, -0.2) is 45.9 Å². The lowest BCUT2D eigenvalue weighted by Crippen LogP contribution is -2.37. The van der Waals surface area contributed by atoms with Gasteiger partial charge in [-0.15, -0.1) is 0 Å². The number of carbonyl (C=O) groups is 1. The van der Waals surface area contributed by atoms with Crippen molar-refractivity contribution in [3.05, 3.63) is 51.8 Å². The maximum Gasteiger partial charge on any atom is 0.333 e. The van der Waals surface area contributed by atoms with E-state index in [1.54, 1.807) is 19.9 Å². The molecule has 0 bridgehead atoms. The zero-order valence-corrected chi connectivity index (χ0v) is 21.4. The average molecular weight is 518 g/mol. The van der Waals surface area contributed by atoms with Crippen LogP contribution in [0.4, 0.5) is 20.6 Å². The number of hydrogen-bond acceptors (Lipinski definition) is 6. The molecule has 0 radical (unpaired) electrons. The molecule has 0 unspecified atom stereocenters. The first kappa shape index (κ1) is 25.0. The number of carbonyl (C=O) groups excluding carboxylic acids is 1. The van der Waals surface area contributed by atoms with Crippen molar-refractivity contribution < 1.29 is 27.4 Å². The molecule has 1 fully saturated rings. The Morgan fingerprint density at radius 3 is 2.17 bits per heavy atom. The maximum absolute atomic E-state index is 15.0. The van der Waals surface area contributed by atoms with Crippen LogP contribution >= 0.6 is 0 Å². The molecule has 2 aliphatic carbocycles. The van der Waals surface area contributed by atoms with Crippen LogP contribution in [0.3, 0.4) is 0 Å². The number of morpholine rings is 1. The highest BCUT2D eigenvalue weighted by atomic mass is 32.2. The Bertz CT molecular complexity index is 1280. The van der Waals surface area contributed by atoms with Gasteiger partial charge in [0.1, 0.15) is 5.82 Å². The van der Waals surface area contributed by atoms with E-state index in [2.05, 4.69) is 10.0 Å². The molecular formula is C26H32FN3O5S. The second kappa shape index (κ2) is 9.32. The summed E-state index contributed by atoms with van der Waals surface area (Å²) < 4.78 is 49.1. The van der Waals surface area contributed by atoms with Crippen LogP contribution < -0.4 is 14.9 Å². The van der Waals surface area contributed by atoms with Crippen LogP contribution in [-0.2, 0) is 46.0 Å². The fourth-order valence-corrected chi connectivity index (χ4v) is 6.43. The molecule has 1 aliphatic heterocycles. The van der Waals surface area contributed by atoms with Gasteiger partial charge in [0.25, 0.3) is 10.0 Å². The number of rotatable bonds is 5. The monoisotopic (exact) mass is 517 g/mol. The van der Waals surface area contributed by atoms with Gasteiger partial charge in [-0.1, -0.05) is 0 Å². The molecule has 0 atom stereocenters. The number of halogens is 1. The van der Waals surface area contributed by atoms with Crippen molar-refractivity contribution in [3.8, 4) is 0 Å². The van der Waals surface area contributed by atoms with E-state index in [1.807, 2.05) is 4.90 Å². The van der Waals surface area contributed by atoms with Crippen LogP contribution in [0.25, 0.3) is 0 Å². The highest BCUT2D eigenvalue weighted by molar-refractivity contribution is 7.90. The van der Waals surface area contributed by atoms with Gasteiger partial charge in [0, 0.05) is 24.5 Å². The Morgan fingerprint density at radius 1 is 1.00 bits per heavy atom. The van der Waals surface area contributed by atoms with Crippen molar-refractivity contribution >= 4 is 27.4 Å². The van der Waals surface area contributed by atoms with E-state index in [-0.39, 0.29) is 10.7 Å². The fraction of sp³-hybridized carbons (Fsp3) is 0.500. The van der Waals surface area contributed by atoms with E-state index >= 15 is 0 Å². The van der Waals surface area contributed by atoms with Gasteiger partial charge in [0.15, 0.2) is 0 Å². The zero-order valence-electron chi connectivity index (χ0n) is 20.6. The molecule has 0 spiro atoms. The topological polar surface area (TPSA) is 108 Å². The van der Waals surface area contributed by atoms with Gasteiger partial charge in [-0.25, -0.2) is 22.3 Å². The average Bonchev–Trinajstić information content (AvgIpc) is 3.52. The lowest BCUT2D eigenvalue weighted by Gasteiger charge is -2.30. The van der Waals surface area contributed by atoms with Gasteiger partial charge in [-0.2, -0.15) is 0 Å². The number of sulfonamides is 1. The van der Waals surface area contributed by atoms with E-state index in [1.165, 1.54) is 12.1 Å². The van der Waals surface area contributed by atoms with Crippen LogP contribution in [0.15, 0.2) is 23.1 Å². The largest absolute Gasteiger partial charge is 0.386 e. The minimum absolute atomic E-state index is 0.117. The third-order valence-corrected chi connectivity index (χ3v) is 8.63. The number of fused-ring (bicyclic) bond motifs is 2. The molecule has 1 saturated heterocycles. The summed E-state index contributed by atoms with van der Waals surface area (Å²) in [6.07, 6.45) is 4.15. The van der Waals surface area contributed by atoms with E-state index in [0.29, 0.717) is 80.1 Å². The normalized spacial score (nSPS) is 17.6.